The van der Waals surface area contributed by atoms with Crippen LogP contribution in [-0.2, 0) is 0 Å². The van der Waals surface area contributed by atoms with Gasteiger partial charge in [0, 0.05) is 19.3 Å². The molecule has 0 fully saturated rings. The maximum absolute atomic E-state index is 11.8. The first kappa shape index (κ1) is 13.6. The summed E-state index contributed by atoms with van der Waals surface area (Å²) in [5.41, 5.74) is 0.0437. The van der Waals surface area contributed by atoms with Crippen molar-refractivity contribution < 1.29 is 14.3 Å². The van der Waals surface area contributed by atoms with E-state index in [1.54, 1.807) is 19.9 Å². The van der Waals surface area contributed by atoms with Crippen LogP contribution in [0.5, 0.6) is 5.75 Å². The average molecular weight is 247 g/mol. The van der Waals surface area contributed by atoms with Gasteiger partial charge in [-0.2, -0.15) is 5.26 Å². The van der Waals surface area contributed by atoms with Crippen molar-refractivity contribution in [2.75, 3.05) is 13.1 Å². The Balaban J connectivity index is 3.07. The van der Waals surface area contributed by atoms with Crippen LogP contribution in [0.15, 0.2) is 12.3 Å². The molecule has 0 unspecified atom stereocenters. The molecule has 0 spiro atoms. The molecule has 0 aromatic carbocycles. The van der Waals surface area contributed by atoms with Gasteiger partial charge in [0.25, 0.3) is 0 Å². The molecule has 0 aliphatic rings. The van der Waals surface area contributed by atoms with E-state index in [2.05, 4.69) is 4.98 Å². The van der Waals surface area contributed by atoms with Gasteiger partial charge in [0.2, 0.25) is 0 Å². The van der Waals surface area contributed by atoms with E-state index in [1.165, 1.54) is 17.2 Å². The van der Waals surface area contributed by atoms with E-state index < -0.39 is 6.09 Å². The Morgan fingerprint density at radius 2 is 2.22 bits per heavy atom. The largest absolute Gasteiger partial charge is 0.415 e. The minimum absolute atomic E-state index is 0.0832. The number of hydrogen-bond acceptors (Lipinski definition) is 5. The zero-order valence-electron chi connectivity index (χ0n) is 10.2. The van der Waals surface area contributed by atoms with Crippen molar-refractivity contribution in [3.05, 3.63) is 23.5 Å². The van der Waals surface area contributed by atoms with Crippen LogP contribution in [0.3, 0.4) is 0 Å². The summed E-state index contributed by atoms with van der Waals surface area (Å²) in [6.07, 6.45) is 1.23. The lowest BCUT2D eigenvalue weighted by atomic mass is 10.2. The molecule has 0 saturated heterocycles. The minimum atomic E-state index is -0.604. The van der Waals surface area contributed by atoms with Crippen molar-refractivity contribution in [1.29, 1.82) is 5.26 Å². The van der Waals surface area contributed by atoms with Crippen molar-refractivity contribution in [2.45, 2.75) is 13.8 Å². The van der Waals surface area contributed by atoms with Gasteiger partial charge < -0.3 is 9.64 Å². The number of pyridine rings is 1. The van der Waals surface area contributed by atoms with E-state index in [4.69, 9.17) is 10.00 Å². The third-order valence-electron chi connectivity index (χ3n) is 2.38. The number of amides is 1. The van der Waals surface area contributed by atoms with Gasteiger partial charge in [0.05, 0.1) is 5.56 Å². The Hall–Kier alpha value is -2.42. The standard InChI is InChI=1S/C12H13N3O3/c1-3-15(4-2)12(17)18-11-9(8-16)5-6-14-10(11)7-13/h5-6,8H,3-4H2,1-2H3. The minimum Gasteiger partial charge on any atom is -0.406 e. The summed E-state index contributed by atoms with van der Waals surface area (Å²) in [4.78, 5) is 27.8. The highest BCUT2D eigenvalue weighted by Gasteiger charge is 2.18. The van der Waals surface area contributed by atoms with E-state index >= 15 is 0 Å². The van der Waals surface area contributed by atoms with Crippen LogP contribution in [0.1, 0.15) is 29.9 Å². The zero-order chi connectivity index (χ0) is 13.5. The van der Waals surface area contributed by atoms with Gasteiger partial charge in [0.15, 0.2) is 17.7 Å². The molecule has 0 aliphatic heterocycles. The molecule has 0 aliphatic carbocycles. The molecule has 1 aromatic heterocycles. The van der Waals surface area contributed by atoms with Gasteiger partial charge in [-0.05, 0) is 19.9 Å². The maximum atomic E-state index is 11.8. The lowest BCUT2D eigenvalue weighted by Crippen LogP contribution is -2.33. The van der Waals surface area contributed by atoms with Crippen molar-refractivity contribution in [1.82, 2.24) is 9.88 Å². The molecule has 1 amide bonds. The molecule has 0 radical (unpaired) electrons. The summed E-state index contributed by atoms with van der Waals surface area (Å²) in [6, 6.07) is 3.17. The number of carbonyl (C=O) groups excluding carboxylic acids is 2. The predicted molar refractivity (Wildman–Crippen MR) is 63.3 cm³/mol. The van der Waals surface area contributed by atoms with E-state index in [-0.39, 0.29) is 17.0 Å². The third-order valence-corrected chi connectivity index (χ3v) is 2.38. The van der Waals surface area contributed by atoms with Crippen LogP contribution in [0, 0.1) is 11.3 Å². The SMILES string of the molecule is CCN(CC)C(=O)Oc1c(C=O)ccnc1C#N. The molecule has 0 atom stereocenters. The molecule has 1 heterocycles. The second kappa shape index (κ2) is 6.35. The molecule has 1 rings (SSSR count). The molecule has 6 nitrogen and oxygen atoms in total. The first-order valence-corrected chi connectivity index (χ1v) is 5.48. The number of nitriles is 1. The molecule has 18 heavy (non-hydrogen) atoms. The molecule has 6 heteroatoms. The van der Waals surface area contributed by atoms with Gasteiger partial charge in [-0.15, -0.1) is 0 Å². The van der Waals surface area contributed by atoms with Crippen molar-refractivity contribution >= 4 is 12.4 Å². The highest BCUT2D eigenvalue weighted by atomic mass is 16.6. The lowest BCUT2D eigenvalue weighted by molar-refractivity contribution is 0.111. The normalized spacial score (nSPS) is 9.39. The number of carbonyl (C=O) groups is 2. The fourth-order valence-corrected chi connectivity index (χ4v) is 1.38. The zero-order valence-corrected chi connectivity index (χ0v) is 10.2. The fraction of sp³-hybridized carbons (Fsp3) is 0.333. The molecule has 0 bridgehead atoms. The monoisotopic (exact) mass is 247 g/mol. The quantitative estimate of drug-likeness (QED) is 0.754. The Kier molecular flexibility index (Phi) is 4.81. The van der Waals surface area contributed by atoms with Crippen LogP contribution in [-0.4, -0.2) is 35.4 Å². The Bertz CT molecular complexity index is 490. The molecule has 0 saturated carbocycles. The third kappa shape index (κ3) is 2.83. The number of rotatable bonds is 4. The first-order chi connectivity index (χ1) is 8.67. The van der Waals surface area contributed by atoms with Gasteiger partial charge >= 0.3 is 6.09 Å². The lowest BCUT2D eigenvalue weighted by Gasteiger charge is -2.18. The van der Waals surface area contributed by atoms with E-state index in [0.29, 0.717) is 19.4 Å². The van der Waals surface area contributed by atoms with E-state index in [1.807, 2.05) is 0 Å². The number of aromatic nitrogens is 1. The van der Waals surface area contributed by atoms with Crippen LogP contribution >= 0.6 is 0 Å². The average Bonchev–Trinajstić information content (AvgIpc) is 2.40. The van der Waals surface area contributed by atoms with Crippen LogP contribution in [0.2, 0.25) is 0 Å². The number of aldehydes is 1. The summed E-state index contributed by atoms with van der Waals surface area (Å²) in [6.45, 7) is 4.57. The van der Waals surface area contributed by atoms with Gasteiger partial charge in [-0.3, -0.25) is 4.79 Å². The number of hydrogen-bond donors (Lipinski definition) is 0. The van der Waals surface area contributed by atoms with Crippen molar-refractivity contribution in [3.8, 4) is 11.8 Å². The fourth-order valence-electron chi connectivity index (χ4n) is 1.38. The van der Waals surface area contributed by atoms with Crippen LogP contribution in [0.25, 0.3) is 0 Å². The topological polar surface area (TPSA) is 83.3 Å². The van der Waals surface area contributed by atoms with Gasteiger partial charge in [-0.1, -0.05) is 0 Å². The summed E-state index contributed by atoms with van der Waals surface area (Å²) in [7, 11) is 0. The summed E-state index contributed by atoms with van der Waals surface area (Å²) >= 11 is 0. The molecule has 0 N–H and O–H groups in total. The Labute approximate surface area is 105 Å². The van der Waals surface area contributed by atoms with Crippen LogP contribution in [0.4, 0.5) is 4.79 Å². The Morgan fingerprint density at radius 1 is 1.56 bits per heavy atom. The van der Waals surface area contributed by atoms with Gasteiger partial charge in [-0.25, -0.2) is 9.78 Å². The van der Waals surface area contributed by atoms with Crippen LogP contribution < -0.4 is 4.74 Å². The Morgan fingerprint density at radius 3 is 2.72 bits per heavy atom. The molecular weight excluding hydrogens is 234 g/mol. The summed E-state index contributed by atoms with van der Waals surface area (Å²) in [5, 5.41) is 8.87. The van der Waals surface area contributed by atoms with Crippen molar-refractivity contribution in [2.24, 2.45) is 0 Å². The smallest absolute Gasteiger partial charge is 0.406 e. The highest BCUT2D eigenvalue weighted by molar-refractivity contribution is 5.83. The molecular formula is C12H13N3O3. The van der Waals surface area contributed by atoms with E-state index in [9.17, 15) is 9.59 Å². The highest BCUT2D eigenvalue weighted by Crippen LogP contribution is 2.20. The maximum Gasteiger partial charge on any atom is 0.415 e. The van der Waals surface area contributed by atoms with Crippen molar-refractivity contribution in [3.63, 3.8) is 0 Å². The summed E-state index contributed by atoms with van der Waals surface area (Å²) in [5.74, 6) is -0.0908. The first-order valence-electron chi connectivity index (χ1n) is 5.48. The second-order valence-electron chi connectivity index (χ2n) is 3.35. The molecule has 94 valence electrons. The molecule has 1 aromatic rings. The summed E-state index contributed by atoms with van der Waals surface area (Å²) < 4.78 is 5.07. The predicted octanol–water partition coefficient (Wildman–Crippen LogP) is 1.61. The number of nitrogens with zero attached hydrogens (tertiary/aromatic N) is 3. The van der Waals surface area contributed by atoms with Gasteiger partial charge in [0.1, 0.15) is 6.07 Å². The number of ether oxygens (including phenoxy) is 1. The second-order valence-corrected chi connectivity index (χ2v) is 3.35. The van der Waals surface area contributed by atoms with E-state index in [0.717, 1.165) is 0 Å².